The lowest BCUT2D eigenvalue weighted by Crippen LogP contribution is -2.45. The summed E-state index contributed by atoms with van der Waals surface area (Å²) < 4.78 is 5.10. The van der Waals surface area contributed by atoms with E-state index in [0.717, 1.165) is 10.4 Å². The summed E-state index contributed by atoms with van der Waals surface area (Å²) in [7, 11) is 0. The van der Waals surface area contributed by atoms with Gasteiger partial charge in [-0.15, -0.1) is 11.3 Å². The predicted molar refractivity (Wildman–Crippen MR) is 116 cm³/mol. The fourth-order valence-corrected chi connectivity index (χ4v) is 3.72. The van der Waals surface area contributed by atoms with Gasteiger partial charge in [0.25, 0.3) is 11.8 Å². The number of nitriles is 1. The number of benzene rings is 1. The summed E-state index contributed by atoms with van der Waals surface area (Å²) in [5.41, 5.74) is 1.55. The highest BCUT2D eigenvalue weighted by Crippen LogP contribution is 2.31. The normalized spacial score (nSPS) is 11.5. The average molecular weight is 448 g/mol. The molecule has 7 nitrogen and oxygen atoms in total. The third-order valence-electron chi connectivity index (χ3n) is 4.41. The van der Waals surface area contributed by atoms with E-state index in [1.807, 2.05) is 6.92 Å². The minimum Gasteiger partial charge on any atom is -0.454 e. The summed E-state index contributed by atoms with van der Waals surface area (Å²) >= 11 is 7.11. The summed E-state index contributed by atoms with van der Waals surface area (Å²) in [6.07, 6.45) is 0. The Morgan fingerprint density at radius 1 is 1.20 bits per heavy atom. The van der Waals surface area contributed by atoms with Crippen LogP contribution < -0.4 is 10.6 Å². The second-order valence-electron chi connectivity index (χ2n) is 6.96. The molecule has 1 aromatic carbocycles. The number of carbonyl (C=O) groups excluding carboxylic acids is 3. The van der Waals surface area contributed by atoms with E-state index < -0.39 is 30.4 Å². The standard InChI is InChI=1S/C21H22ClN3O4S/c1-11(2)18(25-19(27)14-5-7-15(22)8-6-14)21(28)29-10-17(26)24-20-16(9-23)12(3)13(4)30-20/h5-8,11,18H,10H2,1-4H3,(H,24,26)(H,25,27)/t18-/m0/s1. The molecule has 0 saturated heterocycles. The first kappa shape index (κ1) is 23.4. The van der Waals surface area contributed by atoms with Gasteiger partial charge in [0.15, 0.2) is 6.61 Å². The number of amides is 2. The molecule has 0 fully saturated rings. The van der Waals surface area contributed by atoms with Crippen molar-refractivity contribution >= 4 is 45.7 Å². The molecule has 0 bridgehead atoms. The largest absolute Gasteiger partial charge is 0.454 e. The van der Waals surface area contributed by atoms with Gasteiger partial charge in [-0.25, -0.2) is 4.79 Å². The van der Waals surface area contributed by atoms with Crippen LogP contribution in [0.4, 0.5) is 5.00 Å². The van der Waals surface area contributed by atoms with Gasteiger partial charge in [-0.2, -0.15) is 5.26 Å². The summed E-state index contributed by atoms with van der Waals surface area (Å²) in [6.45, 7) is 6.64. The first-order chi connectivity index (χ1) is 14.1. The van der Waals surface area contributed by atoms with Gasteiger partial charge in [-0.05, 0) is 49.6 Å². The number of hydrogen-bond donors (Lipinski definition) is 2. The number of nitrogens with one attached hydrogen (secondary N) is 2. The lowest BCUT2D eigenvalue weighted by Gasteiger charge is -2.20. The molecule has 0 spiro atoms. The molecule has 0 unspecified atom stereocenters. The Hall–Kier alpha value is -2.89. The van der Waals surface area contributed by atoms with Gasteiger partial charge in [0, 0.05) is 15.5 Å². The van der Waals surface area contributed by atoms with Crippen molar-refractivity contribution in [3.05, 3.63) is 50.9 Å². The van der Waals surface area contributed by atoms with E-state index in [2.05, 4.69) is 16.7 Å². The Labute approximate surface area is 184 Å². The molecule has 0 aliphatic carbocycles. The van der Waals surface area contributed by atoms with Crippen LogP contribution in [0, 0.1) is 31.1 Å². The smallest absolute Gasteiger partial charge is 0.329 e. The van der Waals surface area contributed by atoms with Crippen molar-refractivity contribution < 1.29 is 19.1 Å². The van der Waals surface area contributed by atoms with E-state index in [0.29, 0.717) is 21.2 Å². The molecule has 1 heterocycles. The van der Waals surface area contributed by atoms with Gasteiger partial charge in [0.1, 0.15) is 17.1 Å². The number of carbonyl (C=O) groups is 3. The van der Waals surface area contributed by atoms with E-state index in [1.54, 1.807) is 45.0 Å². The zero-order chi connectivity index (χ0) is 22.4. The monoisotopic (exact) mass is 447 g/mol. The number of aryl methyl sites for hydroxylation is 1. The Morgan fingerprint density at radius 2 is 1.83 bits per heavy atom. The molecular weight excluding hydrogens is 426 g/mol. The average Bonchev–Trinajstić information content (AvgIpc) is 2.96. The minimum atomic E-state index is -0.929. The lowest BCUT2D eigenvalue weighted by atomic mass is 10.0. The van der Waals surface area contributed by atoms with Crippen LogP contribution in [-0.2, 0) is 14.3 Å². The minimum absolute atomic E-state index is 0.260. The second kappa shape index (κ2) is 10.2. The molecule has 9 heteroatoms. The highest BCUT2D eigenvalue weighted by Gasteiger charge is 2.27. The van der Waals surface area contributed by atoms with Gasteiger partial charge < -0.3 is 15.4 Å². The molecule has 30 heavy (non-hydrogen) atoms. The van der Waals surface area contributed by atoms with Crippen molar-refractivity contribution in [1.82, 2.24) is 5.32 Å². The number of thiophene rings is 1. The Bertz CT molecular complexity index is 993. The highest BCUT2D eigenvalue weighted by atomic mass is 35.5. The Morgan fingerprint density at radius 3 is 2.40 bits per heavy atom. The zero-order valence-electron chi connectivity index (χ0n) is 17.0. The maximum absolute atomic E-state index is 12.5. The van der Waals surface area contributed by atoms with Crippen molar-refractivity contribution in [3.63, 3.8) is 0 Å². The maximum atomic E-state index is 12.5. The fraction of sp³-hybridized carbons (Fsp3) is 0.333. The van der Waals surface area contributed by atoms with Crippen LogP contribution in [0.2, 0.25) is 5.02 Å². The third kappa shape index (κ3) is 5.81. The maximum Gasteiger partial charge on any atom is 0.329 e. The van der Waals surface area contributed by atoms with Crippen LogP contribution in [-0.4, -0.2) is 30.4 Å². The van der Waals surface area contributed by atoms with E-state index >= 15 is 0 Å². The topological polar surface area (TPSA) is 108 Å². The number of hydrogen-bond acceptors (Lipinski definition) is 6. The highest BCUT2D eigenvalue weighted by molar-refractivity contribution is 7.16. The van der Waals surface area contributed by atoms with Crippen molar-refractivity contribution in [2.45, 2.75) is 33.7 Å². The van der Waals surface area contributed by atoms with E-state index in [-0.39, 0.29) is 5.92 Å². The first-order valence-electron chi connectivity index (χ1n) is 9.17. The van der Waals surface area contributed by atoms with Gasteiger partial charge in [-0.1, -0.05) is 25.4 Å². The predicted octanol–water partition coefficient (Wildman–Crippen LogP) is 3.83. The number of halogens is 1. The summed E-state index contributed by atoms with van der Waals surface area (Å²) in [5, 5.41) is 15.4. The number of anilines is 1. The molecule has 1 atom stereocenters. The van der Waals surface area contributed by atoms with Crippen LogP contribution in [0.25, 0.3) is 0 Å². The first-order valence-corrected chi connectivity index (χ1v) is 10.4. The zero-order valence-corrected chi connectivity index (χ0v) is 18.6. The SMILES string of the molecule is Cc1sc(NC(=O)COC(=O)[C@@H](NC(=O)c2ccc(Cl)cc2)C(C)C)c(C#N)c1C. The van der Waals surface area contributed by atoms with Gasteiger partial charge in [0.05, 0.1) is 5.56 Å². The van der Waals surface area contributed by atoms with Gasteiger partial charge in [0.2, 0.25) is 0 Å². The third-order valence-corrected chi connectivity index (χ3v) is 5.78. The quantitative estimate of drug-likeness (QED) is 0.627. The van der Waals surface area contributed by atoms with Crippen LogP contribution in [0.5, 0.6) is 0 Å². The molecule has 1 aromatic heterocycles. The molecule has 0 aliphatic heterocycles. The number of rotatable bonds is 7. The molecule has 2 rings (SSSR count). The lowest BCUT2D eigenvalue weighted by molar-refractivity contribution is -0.150. The van der Waals surface area contributed by atoms with Crippen LogP contribution in [0.15, 0.2) is 24.3 Å². The molecule has 2 N–H and O–H groups in total. The van der Waals surface area contributed by atoms with E-state index in [9.17, 15) is 19.6 Å². The van der Waals surface area contributed by atoms with Crippen molar-refractivity contribution in [2.24, 2.45) is 5.92 Å². The van der Waals surface area contributed by atoms with Crippen molar-refractivity contribution in [3.8, 4) is 6.07 Å². The van der Waals surface area contributed by atoms with Crippen molar-refractivity contribution in [1.29, 1.82) is 5.26 Å². The molecular formula is C21H22ClN3O4S. The summed E-state index contributed by atoms with van der Waals surface area (Å²) in [6, 6.07) is 7.38. The van der Waals surface area contributed by atoms with Crippen LogP contribution >= 0.6 is 22.9 Å². The van der Waals surface area contributed by atoms with Gasteiger partial charge in [-0.3, -0.25) is 9.59 Å². The van der Waals surface area contributed by atoms with Crippen LogP contribution in [0.3, 0.4) is 0 Å². The molecule has 2 amide bonds. The summed E-state index contributed by atoms with van der Waals surface area (Å²) in [5.74, 6) is -1.99. The van der Waals surface area contributed by atoms with Crippen molar-refractivity contribution in [2.75, 3.05) is 11.9 Å². The molecule has 0 radical (unpaired) electrons. The molecule has 0 saturated carbocycles. The molecule has 158 valence electrons. The summed E-state index contributed by atoms with van der Waals surface area (Å²) in [4.78, 5) is 37.9. The van der Waals surface area contributed by atoms with Crippen LogP contribution in [0.1, 0.15) is 40.2 Å². The second-order valence-corrected chi connectivity index (χ2v) is 8.62. The number of nitrogens with zero attached hydrogens (tertiary/aromatic N) is 1. The van der Waals surface area contributed by atoms with Gasteiger partial charge >= 0.3 is 5.97 Å². The van der Waals surface area contributed by atoms with E-state index in [1.165, 1.54) is 11.3 Å². The Balaban J connectivity index is 1.97. The number of esters is 1. The molecule has 2 aromatic rings. The Kier molecular flexibility index (Phi) is 7.98. The fourth-order valence-electron chi connectivity index (χ4n) is 2.56. The van der Waals surface area contributed by atoms with E-state index in [4.69, 9.17) is 16.3 Å². The molecule has 0 aliphatic rings. The number of ether oxygens (including phenoxy) is 1.